The second-order valence-electron chi connectivity index (χ2n) is 6.56. The van der Waals surface area contributed by atoms with Crippen molar-refractivity contribution in [2.45, 2.75) is 25.2 Å². The van der Waals surface area contributed by atoms with Crippen LogP contribution in [0.5, 0.6) is 0 Å². The van der Waals surface area contributed by atoms with E-state index in [2.05, 4.69) is 51.5 Å². The van der Waals surface area contributed by atoms with Crippen molar-refractivity contribution in [3.05, 3.63) is 59.3 Å². The Balaban J connectivity index is 1.46. The monoisotopic (exact) mass is 335 g/mol. The number of rotatable bonds is 3. The molecule has 1 fully saturated rings. The molecule has 4 rings (SSSR count). The second-order valence-corrected chi connectivity index (χ2v) is 6.56. The molecule has 5 heteroatoms. The first-order valence-electron chi connectivity index (χ1n) is 8.76. The van der Waals surface area contributed by atoms with Gasteiger partial charge in [-0.15, -0.1) is 10.2 Å². The minimum Gasteiger partial charge on any atom is -0.461 e. The molecule has 1 aliphatic heterocycles. The third kappa shape index (κ3) is 2.80. The van der Waals surface area contributed by atoms with E-state index < -0.39 is 5.97 Å². The van der Waals surface area contributed by atoms with Crippen LogP contribution < -0.4 is 4.90 Å². The number of nitrogens with zero attached hydrogens (tertiary/aromatic N) is 3. The number of esters is 1. The van der Waals surface area contributed by atoms with Gasteiger partial charge in [0.1, 0.15) is 0 Å². The predicted molar refractivity (Wildman–Crippen MR) is 96.6 cm³/mol. The van der Waals surface area contributed by atoms with E-state index in [1.54, 1.807) is 13.0 Å². The van der Waals surface area contributed by atoms with Crippen molar-refractivity contribution in [1.29, 1.82) is 0 Å². The van der Waals surface area contributed by atoms with Crippen molar-refractivity contribution in [2.75, 3.05) is 24.6 Å². The summed E-state index contributed by atoms with van der Waals surface area (Å²) in [6, 6.07) is 12.2. The van der Waals surface area contributed by atoms with Crippen molar-refractivity contribution in [1.82, 2.24) is 10.2 Å². The molecule has 25 heavy (non-hydrogen) atoms. The molecule has 1 aliphatic carbocycles. The van der Waals surface area contributed by atoms with Crippen LogP contribution in [-0.2, 0) is 10.2 Å². The number of allylic oxidation sites excluding steroid dienone is 1. The van der Waals surface area contributed by atoms with Gasteiger partial charge in [-0.25, -0.2) is 4.79 Å². The zero-order valence-electron chi connectivity index (χ0n) is 14.3. The Hall–Kier alpha value is -2.69. The van der Waals surface area contributed by atoms with Crippen LogP contribution in [0.2, 0.25) is 0 Å². The summed E-state index contributed by atoms with van der Waals surface area (Å²) in [5.41, 5.74) is 3.20. The summed E-state index contributed by atoms with van der Waals surface area (Å²) in [6.07, 6.45) is 6.73. The third-order valence-corrected chi connectivity index (χ3v) is 5.19. The van der Waals surface area contributed by atoms with E-state index in [9.17, 15) is 4.79 Å². The lowest BCUT2D eigenvalue weighted by atomic mass is 9.74. The SMILES string of the molecule is CCOC(=O)c1ccc(N2CCC3(C=Cc4ccccc43)CC2)nn1. The van der Waals surface area contributed by atoms with Gasteiger partial charge in [-0.2, -0.15) is 0 Å². The minimum absolute atomic E-state index is 0.158. The van der Waals surface area contributed by atoms with Crippen LogP contribution in [0, 0.1) is 0 Å². The normalized spacial score (nSPS) is 17.6. The largest absolute Gasteiger partial charge is 0.461 e. The van der Waals surface area contributed by atoms with Gasteiger partial charge >= 0.3 is 5.97 Å². The molecule has 1 saturated heterocycles. The van der Waals surface area contributed by atoms with Crippen molar-refractivity contribution in [3.8, 4) is 0 Å². The maximum atomic E-state index is 11.7. The van der Waals surface area contributed by atoms with Crippen LogP contribution >= 0.6 is 0 Å². The van der Waals surface area contributed by atoms with Gasteiger partial charge < -0.3 is 9.64 Å². The highest BCUT2D eigenvalue weighted by atomic mass is 16.5. The molecule has 2 aliphatic rings. The standard InChI is InChI=1S/C20H21N3O2/c1-2-25-19(24)17-7-8-18(22-21-17)23-13-11-20(12-14-23)10-9-15-5-3-4-6-16(15)20/h3-10H,2,11-14H2,1H3. The molecule has 0 radical (unpaired) electrons. The van der Waals surface area contributed by atoms with Crippen LogP contribution in [-0.4, -0.2) is 35.9 Å². The number of hydrogen-bond acceptors (Lipinski definition) is 5. The molecule has 0 amide bonds. The number of piperidine rings is 1. The Morgan fingerprint density at radius 3 is 2.68 bits per heavy atom. The fourth-order valence-electron chi connectivity index (χ4n) is 3.81. The first-order chi connectivity index (χ1) is 12.2. The summed E-state index contributed by atoms with van der Waals surface area (Å²) in [4.78, 5) is 13.9. The number of hydrogen-bond donors (Lipinski definition) is 0. The number of ether oxygens (including phenoxy) is 1. The molecule has 2 aromatic rings. The quantitative estimate of drug-likeness (QED) is 0.806. The average Bonchev–Trinajstić information content (AvgIpc) is 3.01. The highest BCUT2D eigenvalue weighted by Gasteiger charge is 2.38. The molecule has 0 atom stereocenters. The molecule has 0 unspecified atom stereocenters. The minimum atomic E-state index is -0.424. The van der Waals surface area contributed by atoms with E-state index in [0.29, 0.717) is 6.61 Å². The first-order valence-corrected chi connectivity index (χ1v) is 8.76. The van der Waals surface area contributed by atoms with Gasteiger partial charge in [-0.05, 0) is 43.0 Å². The Morgan fingerprint density at radius 1 is 1.16 bits per heavy atom. The number of carbonyl (C=O) groups is 1. The van der Waals surface area contributed by atoms with E-state index in [-0.39, 0.29) is 11.1 Å². The molecular weight excluding hydrogens is 314 g/mol. The van der Waals surface area contributed by atoms with Gasteiger partial charge in [-0.3, -0.25) is 0 Å². The lowest BCUT2D eigenvalue weighted by Crippen LogP contribution is -2.41. The molecule has 0 N–H and O–H groups in total. The summed E-state index contributed by atoms with van der Waals surface area (Å²) in [6.45, 7) is 3.96. The maximum Gasteiger partial charge on any atom is 0.358 e. The van der Waals surface area contributed by atoms with Crippen LogP contribution in [0.4, 0.5) is 5.82 Å². The van der Waals surface area contributed by atoms with Gasteiger partial charge in [0.15, 0.2) is 11.5 Å². The van der Waals surface area contributed by atoms with Gasteiger partial charge in [0.25, 0.3) is 0 Å². The number of anilines is 1. The molecule has 128 valence electrons. The molecule has 1 aromatic carbocycles. The Morgan fingerprint density at radius 2 is 1.96 bits per heavy atom. The molecular formula is C20H21N3O2. The summed E-state index contributed by atoms with van der Waals surface area (Å²) in [5, 5.41) is 8.24. The number of fused-ring (bicyclic) bond motifs is 2. The van der Waals surface area contributed by atoms with Crippen LogP contribution in [0.25, 0.3) is 6.08 Å². The number of carbonyl (C=O) groups excluding carboxylic acids is 1. The summed E-state index contributed by atoms with van der Waals surface area (Å²) in [5.74, 6) is 0.394. The van der Waals surface area contributed by atoms with Crippen LogP contribution in [0.3, 0.4) is 0 Å². The Kier molecular flexibility index (Phi) is 3.99. The van der Waals surface area contributed by atoms with E-state index in [1.807, 2.05) is 6.07 Å². The van der Waals surface area contributed by atoms with E-state index >= 15 is 0 Å². The zero-order chi connectivity index (χ0) is 17.3. The van der Waals surface area contributed by atoms with Crippen LogP contribution in [0.1, 0.15) is 41.4 Å². The third-order valence-electron chi connectivity index (χ3n) is 5.19. The Bertz CT molecular complexity index is 806. The number of benzene rings is 1. The lowest BCUT2D eigenvalue weighted by Gasteiger charge is -2.39. The smallest absolute Gasteiger partial charge is 0.358 e. The fraction of sp³-hybridized carbons (Fsp3) is 0.350. The molecule has 1 spiro atoms. The van der Waals surface area contributed by atoms with E-state index in [4.69, 9.17) is 4.74 Å². The number of aromatic nitrogens is 2. The lowest BCUT2D eigenvalue weighted by molar-refractivity contribution is 0.0518. The molecule has 5 nitrogen and oxygen atoms in total. The fourth-order valence-corrected chi connectivity index (χ4v) is 3.81. The molecule has 2 heterocycles. The summed E-state index contributed by atoms with van der Waals surface area (Å²) < 4.78 is 4.95. The van der Waals surface area contributed by atoms with Crippen molar-refractivity contribution in [2.24, 2.45) is 0 Å². The summed E-state index contributed by atoms with van der Waals surface area (Å²) >= 11 is 0. The van der Waals surface area contributed by atoms with Crippen molar-refractivity contribution < 1.29 is 9.53 Å². The van der Waals surface area contributed by atoms with Gasteiger partial charge in [0.05, 0.1) is 6.61 Å². The second kappa shape index (κ2) is 6.31. The maximum absolute atomic E-state index is 11.7. The average molecular weight is 335 g/mol. The summed E-state index contributed by atoms with van der Waals surface area (Å²) in [7, 11) is 0. The topological polar surface area (TPSA) is 55.3 Å². The zero-order valence-corrected chi connectivity index (χ0v) is 14.3. The Labute approximate surface area is 147 Å². The van der Waals surface area contributed by atoms with Crippen molar-refractivity contribution >= 4 is 17.9 Å². The highest BCUT2D eigenvalue weighted by Crippen LogP contribution is 2.43. The molecule has 0 saturated carbocycles. The predicted octanol–water partition coefficient (Wildman–Crippen LogP) is 3.22. The van der Waals surface area contributed by atoms with Gasteiger partial charge in [-0.1, -0.05) is 36.4 Å². The van der Waals surface area contributed by atoms with E-state index in [1.165, 1.54) is 11.1 Å². The van der Waals surface area contributed by atoms with Gasteiger partial charge in [0, 0.05) is 18.5 Å². The van der Waals surface area contributed by atoms with E-state index in [0.717, 1.165) is 31.7 Å². The highest BCUT2D eigenvalue weighted by molar-refractivity contribution is 5.87. The first kappa shape index (κ1) is 15.8. The van der Waals surface area contributed by atoms with Crippen molar-refractivity contribution in [3.63, 3.8) is 0 Å². The molecule has 0 bridgehead atoms. The van der Waals surface area contributed by atoms with Gasteiger partial charge in [0.2, 0.25) is 0 Å². The van der Waals surface area contributed by atoms with Crippen LogP contribution in [0.15, 0.2) is 42.5 Å². The molecule has 1 aromatic heterocycles.